The SMILES string of the molecule is Cc1ccc(-n2nnnc2-c2cccs2)cc1N. The Balaban J connectivity index is 2.13. The van der Waals surface area contributed by atoms with Crippen LogP contribution in [0.25, 0.3) is 16.4 Å². The Bertz CT molecular complexity index is 672. The van der Waals surface area contributed by atoms with E-state index < -0.39 is 0 Å². The van der Waals surface area contributed by atoms with Gasteiger partial charge in [-0.25, -0.2) is 0 Å². The van der Waals surface area contributed by atoms with Gasteiger partial charge in [0.25, 0.3) is 0 Å². The van der Waals surface area contributed by atoms with Crippen molar-refractivity contribution in [2.75, 3.05) is 5.73 Å². The van der Waals surface area contributed by atoms with E-state index in [1.807, 2.05) is 42.6 Å². The van der Waals surface area contributed by atoms with Gasteiger partial charge in [0.15, 0.2) is 5.82 Å². The summed E-state index contributed by atoms with van der Waals surface area (Å²) < 4.78 is 1.70. The van der Waals surface area contributed by atoms with Gasteiger partial charge >= 0.3 is 0 Å². The van der Waals surface area contributed by atoms with Gasteiger partial charge in [0.1, 0.15) is 0 Å². The van der Waals surface area contributed by atoms with E-state index in [1.165, 1.54) is 0 Å². The van der Waals surface area contributed by atoms with Gasteiger partial charge in [-0.05, 0) is 46.5 Å². The van der Waals surface area contributed by atoms with E-state index in [1.54, 1.807) is 16.0 Å². The van der Waals surface area contributed by atoms with Gasteiger partial charge in [-0.1, -0.05) is 12.1 Å². The smallest absolute Gasteiger partial charge is 0.197 e. The molecule has 3 aromatic rings. The third kappa shape index (κ3) is 1.76. The molecule has 3 rings (SSSR count). The lowest BCUT2D eigenvalue weighted by Gasteiger charge is -2.05. The van der Waals surface area contributed by atoms with Crippen molar-refractivity contribution < 1.29 is 0 Å². The Morgan fingerprint density at radius 2 is 2.17 bits per heavy atom. The minimum absolute atomic E-state index is 0.730. The van der Waals surface area contributed by atoms with Crippen LogP contribution in [0.15, 0.2) is 35.7 Å². The maximum Gasteiger partial charge on any atom is 0.197 e. The van der Waals surface area contributed by atoms with Crippen molar-refractivity contribution in [3.05, 3.63) is 41.3 Å². The molecule has 18 heavy (non-hydrogen) atoms. The largest absolute Gasteiger partial charge is 0.398 e. The summed E-state index contributed by atoms with van der Waals surface area (Å²) in [7, 11) is 0. The predicted octanol–water partition coefficient (Wildman–Crippen LogP) is 2.28. The Kier molecular flexibility index (Phi) is 2.56. The maximum absolute atomic E-state index is 5.92. The number of nitrogens with zero attached hydrogens (tertiary/aromatic N) is 4. The van der Waals surface area contributed by atoms with Crippen molar-refractivity contribution in [1.82, 2.24) is 20.2 Å². The van der Waals surface area contributed by atoms with Crippen molar-refractivity contribution in [2.24, 2.45) is 0 Å². The molecular weight excluding hydrogens is 246 g/mol. The number of rotatable bonds is 2. The fourth-order valence-electron chi connectivity index (χ4n) is 1.68. The number of hydrogen-bond acceptors (Lipinski definition) is 5. The number of benzene rings is 1. The van der Waals surface area contributed by atoms with Crippen molar-refractivity contribution in [3.8, 4) is 16.4 Å². The quantitative estimate of drug-likeness (QED) is 0.715. The van der Waals surface area contributed by atoms with Crippen LogP contribution in [0, 0.1) is 6.92 Å². The summed E-state index contributed by atoms with van der Waals surface area (Å²) in [6.45, 7) is 1.97. The highest BCUT2D eigenvalue weighted by Crippen LogP contribution is 2.25. The van der Waals surface area contributed by atoms with E-state index in [2.05, 4.69) is 15.5 Å². The van der Waals surface area contributed by atoms with Crippen LogP contribution in [-0.2, 0) is 0 Å². The molecule has 90 valence electrons. The molecule has 0 unspecified atom stereocenters. The van der Waals surface area contributed by atoms with Crippen LogP contribution in [0.3, 0.4) is 0 Å². The maximum atomic E-state index is 5.92. The van der Waals surface area contributed by atoms with Crippen molar-refractivity contribution in [3.63, 3.8) is 0 Å². The fraction of sp³-hybridized carbons (Fsp3) is 0.0833. The zero-order valence-corrected chi connectivity index (χ0v) is 10.6. The summed E-state index contributed by atoms with van der Waals surface area (Å²) in [4.78, 5) is 1.03. The van der Waals surface area contributed by atoms with Crippen LogP contribution < -0.4 is 5.73 Å². The zero-order chi connectivity index (χ0) is 12.5. The summed E-state index contributed by atoms with van der Waals surface area (Å²) in [6, 6.07) is 9.76. The normalized spacial score (nSPS) is 10.7. The highest BCUT2D eigenvalue weighted by Gasteiger charge is 2.11. The zero-order valence-electron chi connectivity index (χ0n) is 9.74. The summed E-state index contributed by atoms with van der Waals surface area (Å²) in [5, 5.41) is 13.8. The molecule has 2 N–H and O–H groups in total. The van der Waals surface area contributed by atoms with Gasteiger partial charge in [-0.15, -0.1) is 16.4 Å². The number of aromatic nitrogens is 4. The fourth-order valence-corrected chi connectivity index (χ4v) is 2.37. The molecule has 0 aliphatic rings. The van der Waals surface area contributed by atoms with Crippen LogP contribution in [0.5, 0.6) is 0 Å². The lowest BCUT2D eigenvalue weighted by Crippen LogP contribution is -2.01. The van der Waals surface area contributed by atoms with E-state index >= 15 is 0 Å². The molecule has 0 saturated heterocycles. The van der Waals surface area contributed by atoms with Gasteiger partial charge in [0.2, 0.25) is 0 Å². The summed E-state index contributed by atoms with van der Waals surface area (Å²) in [5.74, 6) is 0.730. The average molecular weight is 257 g/mol. The van der Waals surface area contributed by atoms with Crippen molar-refractivity contribution in [1.29, 1.82) is 0 Å². The molecule has 0 aliphatic heterocycles. The first-order valence-corrected chi connectivity index (χ1v) is 6.32. The van der Waals surface area contributed by atoms with E-state index in [9.17, 15) is 0 Å². The predicted molar refractivity (Wildman–Crippen MR) is 71.6 cm³/mol. The van der Waals surface area contributed by atoms with Crippen LogP contribution in [0.2, 0.25) is 0 Å². The Hall–Kier alpha value is -2.21. The second kappa shape index (κ2) is 4.23. The summed E-state index contributed by atoms with van der Waals surface area (Å²) in [6.07, 6.45) is 0. The molecule has 2 aromatic heterocycles. The molecule has 0 atom stereocenters. The second-order valence-electron chi connectivity index (χ2n) is 3.93. The number of tetrazole rings is 1. The van der Waals surface area contributed by atoms with Gasteiger partial charge < -0.3 is 5.73 Å². The van der Waals surface area contributed by atoms with E-state index in [4.69, 9.17) is 5.73 Å². The molecule has 0 fully saturated rings. The van der Waals surface area contributed by atoms with Gasteiger partial charge in [0, 0.05) is 5.69 Å². The highest BCUT2D eigenvalue weighted by atomic mass is 32.1. The second-order valence-corrected chi connectivity index (χ2v) is 4.88. The summed E-state index contributed by atoms with van der Waals surface area (Å²) >= 11 is 1.60. The van der Waals surface area contributed by atoms with Crippen LogP contribution >= 0.6 is 11.3 Å². The van der Waals surface area contributed by atoms with E-state index in [0.29, 0.717) is 0 Å². The Morgan fingerprint density at radius 1 is 1.28 bits per heavy atom. The number of aryl methyl sites for hydroxylation is 1. The number of thiophene rings is 1. The lowest BCUT2D eigenvalue weighted by molar-refractivity contribution is 0.791. The van der Waals surface area contributed by atoms with Crippen molar-refractivity contribution in [2.45, 2.75) is 6.92 Å². The minimum atomic E-state index is 0.730. The molecule has 5 nitrogen and oxygen atoms in total. The van der Waals surface area contributed by atoms with E-state index in [0.717, 1.165) is 27.6 Å². The summed E-state index contributed by atoms with van der Waals surface area (Å²) in [5.41, 5.74) is 8.57. The molecule has 0 radical (unpaired) electrons. The first-order valence-electron chi connectivity index (χ1n) is 5.44. The third-order valence-corrected chi connectivity index (χ3v) is 3.58. The number of nitrogen functional groups attached to an aromatic ring is 1. The van der Waals surface area contributed by atoms with Crippen molar-refractivity contribution >= 4 is 17.0 Å². The van der Waals surface area contributed by atoms with Gasteiger partial charge in [-0.3, -0.25) is 0 Å². The average Bonchev–Trinajstić information content (AvgIpc) is 3.00. The van der Waals surface area contributed by atoms with Crippen LogP contribution in [-0.4, -0.2) is 20.2 Å². The molecule has 2 heterocycles. The van der Waals surface area contributed by atoms with Gasteiger partial charge in [-0.2, -0.15) is 4.68 Å². The number of nitrogens with two attached hydrogens (primary N) is 1. The molecule has 1 aromatic carbocycles. The third-order valence-electron chi connectivity index (χ3n) is 2.72. The lowest BCUT2D eigenvalue weighted by atomic mass is 10.2. The van der Waals surface area contributed by atoms with Crippen LogP contribution in [0.4, 0.5) is 5.69 Å². The molecular formula is C12H11N5S. The molecule has 0 amide bonds. The minimum Gasteiger partial charge on any atom is -0.398 e. The first kappa shape index (κ1) is 10.9. The highest BCUT2D eigenvalue weighted by molar-refractivity contribution is 7.13. The number of hydrogen-bond donors (Lipinski definition) is 1. The molecule has 0 bridgehead atoms. The van der Waals surface area contributed by atoms with Gasteiger partial charge in [0.05, 0.1) is 10.6 Å². The molecule has 6 heteroatoms. The monoisotopic (exact) mass is 257 g/mol. The van der Waals surface area contributed by atoms with E-state index in [-0.39, 0.29) is 0 Å². The standard InChI is InChI=1S/C12H11N5S/c1-8-4-5-9(7-10(8)13)17-12(14-15-16-17)11-3-2-6-18-11/h2-7H,13H2,1H3. The Morgan fingerprint density at radius 3 is 2.89 bits per heavy atom. The molecule has 0 aliphatic carbocycles. The first-order chi connectivity index (χ1) is 8.75. The number of anilines is 1. The molecule has 0 spiro atoms. The van der Waals surface area contributed by atoms with Crippen LogP contribution in [0.1, 0.15) is 5.56 Å². The molecule has 0 saturated carbocycles. The topological polar surface area (TPSA) is 69.6 Å². The Labute approximate surface area is 108 Å².